The fraction of sp³-hybridized carbons (Fsp3) is 0.889. The molecule has 2 atom stereocenters. The first kappa shape index (κ1) is 20.0. The molecule has 144 valence electrons. The van der Waals surface area contributed by atoms with Gasteiger partial charge in [0.1, 0.15) is 6.54 Å². The summed E-state index contributed by atoms with van der Waals surface area (Å²) >= 11 is 0. The third-order valence-corrected chi connectivity index (χ3v) is 5.21. The van der Waals surface area contributed by atoms with E-state index < -0.39 is 0 Å². The van der Waals surface area contributed by atoms with Gasteiger partial charge in [-0.1, -0.05) is 6.92 Å². The molecule has 25 heavy (non-hydrogen) atoms. The Morgan fingerprint density at radius 3 is 2.80 bits per heavy atom. The van der Waals surface area contributed by atoms with E-state index in [1.165, 1.54) is 19.4 Å². The number of ether oxygens (including phenoxy) is 1. The van der Waals surface area contributed by atoms with Crippen LogP contribution in [0.5, 0.6) is 0 Å². The Morgan fingerprint density at radius 2 is 2.16 bits per heavy atom. The lowest BCUT2D eigenvalue weighted by Gasteiger charge is -2.27. The van der Waals surface area contributed by atoms with Crippen molar-refractivity contribution in [1.29, 1.82) is 0 Å². The van der Waals surface area contributed by atoms with Crippen molar-refractivity contribution >= 4 is 11.9 Å². The van der Waals surface area contributed by atoms with Gasteiger partial charge in [-0.3, -0.25) is 9.69 Å². The molecule has 2 rings (SSSR count). The summed E-state index contributed by atoms with van der Waals surface area (Å²) in [6, 6.07) is 0.542. The molecule has 0 saturated carbocycles. The number of aliphatic imine (C=N–C) groups is 1. The van der Waals surface area contributed by atoms with Crippen molar-refractivity contribution < 1.29 is 9.53 Å². The van der Waals surface area contributed by atoms with Crippen molar-refractivity contribution in [3.63, 3.8) is 0 Å². The lowest BCUT2D eigenvalue weighted by molar-refractivity contribution is -0.127. The Hall–Kier alpha value is -1.34. The molecule has 2 aliphatic rings. The van der Waals surface area contributed by atoms with Crippen LogP contribution in [-0.4, -0.2) is 86.7 Å². The number of amides is 1. The van der Waals surface area contributed by atoms with Crippen molar-refractivity contribution in [2.75, 3.05) is 53.4 Å². The van der Waals surface area contributed by atoms with Crippen molar-refractivity contribution in [3.8, 4) is 0 Å². The average molecular weight is 354 g/mol. The topological polar surface area (TPSA) is 69.2 Å². The molecule has 7 heteroatoms. The van der Waals surface area contributed by atoms with E-state index >= 15 is 0 Å². The molecule has 0 aliphatic carbocycles. The molecule has 0 spiro atoms. The van der Waals surface area contributed by atoms with Gasteiger partial charge >= 0.3 is 0 Å². The van der Waals surface area contributed by atoms with Gasteiger partial charge in [-0.05, 0) is 45.7 Å². The number of hydrogen-bond donors (Lipinski definition) is 2. The Morgan fingerprint density at radius 1 is 1.36 bits per heavy atom. The summed E-state index contributed by atoms with van der Waals surface area (Å²) < 4.78 is 5.84. The van der Waals surface area contributed by atoms with Gasteiger partial charge in [0.2, 0.25) is 5.91 Å². The zero-order valence-electron chi connectivity index (χ0n) is 16.3. The van der Waals surface area contributed by atoms with Crippen LogP contribution in [-0.2, 0) is 9.53 Å². The number of nitrogens with one attached hydrogen (secondary N) is 2. The fourth-order valence-electron chi connectivity index (χ4n) is 3.47. The SMILES string of the molecule is CCN1CCCC1CNC(=NCC(=O)N(C)C)NCC1(C)CCCO1. The molecular weight excluding hydrogens is 318 g/mol. The van der Waals surface area contributed by atoms with E-state index in [0.29, 0.717) is 18.5 Å². The van der Waals surface area contributed by atoms with E-state index in [1.807, 2.05) is 0 Å². The smallest absolute Gasteiger partial charge is 0.243 e. The van der Waals surface area contributed by atoms with Gasteiger partial charge in [0, 0.05) is 39.8 Å². The normalized spacial score (nSPS) is 27.5. The quantitative estimate of drug-likeness (QED) is 0.520. The monoisotopic (exact) mass is 353 g/mol. The Labute approximate surface area is 152 Å². The van der Waals surface area contributed by atoms with Crippen LogP contribution in [0.3, 0.4) is 0 Å². The average Bonchev–Trinajstić information content (AvgIpc) is 3.22. The highest BCUT2D eigenvalue weighted by atomic mass is 16.5. The van der Waals surface area contributed by atoms with Gasteiger partial charge in [-0.15, -0.1) is 0 Å². The lowest BCUT2D eigenvalue weighted by Crippen LogP contribution is -2.49. The zero-order chi connectivity index (χ0) is 18.3. The first-order valence-corrected chi connectivity index (χ1v) is 9.54. The standard InChI is InChI=1S/C18H35N5O2/c1-5-23-10-6-8-15(23)12-19-17(20-13-16(24)22(3)4)21-14-18(2)9-7-11-25-18/h15H,5-14H2,1-4H3,(H2,19,20,21). The molecule has 2 heterocycles. The minimum atomic E-state index is -0.142. The molecule has 2 fully saturated rings. The van der Waals surface area contributed by atoms with Crippen molar-refractivity contribution in [1.82, 2.24) is 20.4 Å². The molecule has 0 bridgehead atoms. The Bertz CT molecular complexity index is 460. The molecule has 2 unspecified atom stereocenters. The highest BCUT2D eigenvalue weighted by molar-refractivity contribution is 5.84. The fourth-order valence-corrected chi connectivity index (χ4v) is 3.47. The van der Waals surface area contributed by atoms with Crippen LogP contribution in [0, 0.1) is 0 Å². The number of nitrogens with zero attached hydrogens (tertiary/aromatic N) is 3. The minimum Gasteiger partial charge on any atom is -0.373 e. The van der Waals surface area contributed by atoms with Crippen LogP contribution in [0.15, 0.2) is 4.99 Å². The third kappa shape index (κ3) is 6.15. The second kappa shape index (κ2) is 9.38. The van der Waals surface area contributed by atoms with Gasteiger partial charge < -0.3 is 20.3 Å². The number of carbonyl (C=O) groups is 1. The van der Waals surface area contributed by atoms with E-state index in [1.54, 1.807) is 19.0 Å². The first-order valence-electron chi connectivity index (χ1n) is 9.54. The summed E-state index contributed by atoms with van der Waals surface area (Å²) in [7, 11) is 3.51. The predicted octanol–water partition coefficient (Wildman–Crippen LogP) is 0.663. The van der Waals surface area contributed by atoms with Crippen LogP contribution >= 0.6 is 0 Å². The Balaban J connectivity index is 1.90. The largest absolute Gasteiger partial charge is 0.373 e. The van der Waals surface area contributed by atoms with Crippen molar-refractivity contribution in [2.45, 2.75) is 51.2 Å². The number of likely N-dealkylation sites (tertiary alicyclic amines) is 1. The van der Waals surface area contributed by atoms with Gasteiger partial charge in [0.15, 0.2) is 5.96 Å². The maximum absolute atomic E-state index is 11.9. The zero-order valence-corrected chi connectivity index (χ0v) is 16.3. The molecule has 2 N–H and O–H groups in total. The summed E-state index contributed by atoms with van der Waals surface area (Å²) in [5, 5.41) is 6.81. The molecule has 0 aromatic carbocycles. The van der Waals surface area contributed by atoms with Gasteiger partial charge in [-0.25, -0.2) is 4.99 Å². The molecule has 7 nitrogen and oxygen atoms in total. The van der Waals surface area contributed by atoms with Crippen LogP contribution in [0.4, 0.5) is 0 Å². The van der Waals surface area contributed by atoms with E-state index in [9.17, 15) is 4.79 Å². The second-order valence-electron chi connectivity index (χ2n) is 7.51. The molecule has 2 saturated heterocycles. The molecular formula is C18H35N5O2. The van der Waals surface area contributed by atoms with Crippen LogP contribution in [0.2, 0.25) is 0 Å². The molecule has 0 aromatic heterocycles. The highest BCUT2D eigenvalue weighted by Gasteiger charge is 2.30. The van der Waals surface area contributed by atoms with Gasteiger partial charge in [0.05, 0.1) is 5.60 Å². The van der Waals surface area contributed by atoms with Crippen LogP contribution in [0.25, 0.3) is 0 Å². The van der Waals surface area contributed by atoms with Crippen molar-refractivity contribution in [2.24, 2.45) is 4.99 Å². The van der Waals surface area contributed by atoms with E-state index in [0.717, 1.165) is 32.5 Å². The second-order valence-corrected chi connectivity index (χ2v) is 7.51. The third-order valence-electron chi connectivity index (χ3n) is 5.21. The van der Waals surface area contributed by atoms with Gasteiger partial charge in [0.25, 0.3) is 0 Å². The van der Waals surface area contributed by atoms with Crippen molar-refractivity contribution in [3.05, 3.63) is 0 Å². The summed E-state index contributed by atoms with van der Waals surface area (Å²) in [5.41, 5.74) is -0.142. The number of guanidine groups is 1. The molecule has 0 aromatic rings. The maximum Gasteiger partial charge on any atom is 0.243 e. The molecule has 2 aliphatic heterocycles. The number of likely N-dealkylation sites (N-methyl/N-ethyl adjacent to an activating group) is 2. The van der Waals surface area contributed by atoms with E-state index in [2.05, 4.69) is 34.4 Å². The molecule has 0 radical (unpaired) electrons. The number of rotatable bonds is 7. The van der Waals surface area contributed by atoms with E-state index in [-0.39, 0.29) is 18.1 Å². The number of hydrogen-bond acceptors (Lipinski definition) is 4. The Kier molecular flexibility index (Phi) is 7.50. The van der Waals surface area contributed by atoms with E-state index in [4.69, 9.17) is 4.74 Å². The first-order chi connectivity index (χ1) is 11.9. The summed E-state index contributed by atoms with van der Waals surface area (Å²) in [5.74, 6) is 0.704. The van der Waals surface area contributed by atoms with Crippen LogP contribution in [0.1, 0.15) is 39.5 Å². The highest BCUT2D eigenvalue weighted by Crippen LogP contribution is 2.23. The van der Waals surface area contributed by atoms with Crippen LogP contribution < -0.4 is 10.6 Å². The summed E-state index contributed by atoms with van der Waals surface area (Å²) in [6.07, 6.45) is 4.62. The predicted molar refractivity (Wildman–Crippen MR) is 101 cm³/mol. The lowest BCUT2D eigenvalue weighted by atomic mass is 10.0. The summed E-state index contributed by atoms with van der Waals surface area (Å²) in [4.78, 5) is 20.4. The maximum atomic E-state index is 11.9. The molecule has 1 amide bonds. The minimum absolute atomic E-state index is 0.000444. The number of carbonyl (C=O) groups excluding carboxylic acids is 1. The summed E-state index contributed by atoms with van der Waals surface area (Å²) in [6.45, 7) is 9.13. The van der Waals surface area contributed by atoms with Gasteiger partial charge in [-0.2, -0.15) is 0 Å².